The molecule has 0 saturated carbocycles. The maximum Gasteiger partial charge on any atom is 0.314 e. The van der Waals surface area contributed by atoms with Gasteiger partial charge < -0.3 is 25.0 Å². The van der Waals surface area contributed by atoms with E-state index in [1.807, 2.05) is 19.2 Å². The first-order valence-corrected chi connectivity index (χ1v) is 19.4. The molecular weight excluding hydrogens is 621 g/mol. The summed E-state index contributed by atoms with van der Waals surface area (Å²) in [5.41, 5.74) is 4.04. The lowest BCUT2D eigenvalue weighted by Gasteiger charge is -2.52. The van der Waals surface area contributed by atoms with Gasteiger partial charge >= 0.3 is 6.03 Å². The normalized spacial score (nSPS) is 21.8. The lowest BCUT2D eigenvalue weighted by atomic mass is 9.60. The van der Waals surface area contributed by atoms with Gasteiger partial charge in [0.2, 0.25) is 9.84 Å². The number of aryl methyl sites for hydroxylation is 1. The first kappa shape index (κ1) is 34.5. The minimum Gasteiger partial charge on any atom is -0.371 e. The van der Waals surface area contributed by atoms with Crippen molar-refractivity contribution in [2.45, 2.75) is 73.7 Å². The van der Waals surface area contributed by atoms with E-state index in [9.17, 15) is 13.2 Å². The van der Waals surface area contributed by atoms with Crippen molar-refractivity contribution in [1.29, 1.82) is 0 Å². The number of likely N-dealkylation sites (N-methyl/N-ethyl adjacent to an activating group) is 1. The SMILES string of the molecule is CCC[C@@H](CC1(C2CCN(CC3CN(c4ccc(S(=O)(=O)c5ccn(C)c5)cc4)C3)CC2)CN(CC)Cc2ccccc21)NC(=O)NC.[HH].[HH]. The Bertz CT molecular complexity index is 1650. The van der Waals surface area contributed by atoms with Gasteiger partial charge in [0, 0.05) is 85.1 Å². The summed E-state index contributed by atoms with van der Waals surface area (Å²) in [7, 11) is 0.0277. The number of sulfone groups is 1. The second kappa shape index (κ2) is 14.6. The van der Waals surface area contributed by atoms with Gasteiger partial charge in [-0.2, -0.15) is 0 Å². The number of fused-ring (bicyclic) bond motifs is 1. The molecule has 0 spiro atoms. The summed E-state index contributed by atoms with van der Waals surface area (Å²) in [4.78, 5) is 20.8. The second-order valence-electron chi connectivity index (χ2n) is 14.4. The van der Waals surface area contributed by atoms with Gasteiger partial charge in [-0.1, -0.05) is 44.5 Å². The largest absolute Gasteiger partial charge is 0.371 e. The molecule has 2 atom stereocenters. The van der Waals surface area contributed by atoms with Gasteiger partial charge in [-0.15, -0.1) is 0 Å². The van der Waals surface area contributed by atoms with Crippen molar-refractivity contribution in [3.63, 3.8) is 0 Å². The molecule has 9 nitrogen and oxygen atoms in total. The lowest BCUT2D eigenvalue weighted by molar-refractivity contribution is 0.0592. The van der Waals surface area contributed by atoms with Gasteiger partial charge in [0.05, 0.1) is 9.79 Å². The Kier molecular flexibility index (Phi) is 10.5. The summed E-state index contributed by atoms with van der Waals surface area (Å²) in [6, 6.07) is 18.2. The first-order valence-electron chi connectivity index (χ1n) is 17.9. The van der Waals surface area contributed by atoms with Crippen LogP contribution in [0.2, 0.25) is 0 Å². The van der Waals surface area contributed by atoms with Crippen LogP contribution >= 0.6 is 0 Å². The number of nitrogens with one attached hydrogen (secondary N) is 2. The maximum absolute atomic E-state index is 13.0. The Labute approximate surface area is 290 Å². The fourth-order valence-corrected chi connectivity index (χ4v) is 9.96. The Hall–Kier alpha value is -3.34. The minimum absolute atomic E-state index is 0. The summed E-state index contributed by atoms with van der Waals surface area (Å²) in [6.07, 6.45) is 8.72. The highest BCUT2D eigenvalue weighted by molar-refractivity contribution is 7.91. The number of benzene rings is 2. The molecule has 0 bridgehead atoms. The molecule has 1 unspecified atom stereocenters. The van der Waals surface area contributed by atoms with Crippen LogP contribution in [-0.4, -0.2) is 87.7 Å². The molecule has 6 rings (SSSR count). The zero-order chi connectivity index (χ0) is 33.9. The highest BCUT2D eigenvalue weighted by Crippen LogP contribution is 2.47. The van der Waals surface area contributed by atoms with Crippen LogP contribution < -0.4 is 15.5 Å². The summed E-state index contributed by atoms with van der Waals surface area (Å²) in [5.74, 6) is 1.17. The number of carbonyl (C=O) groups is 1. The molecule has 2 N–H and O–H groups in total. The first-order chi connectivity index (χ1) is 23.1. The van der Waals surface area contributed by atoms with Crippen molar-refractivity contribution >= 4 is 21.6 Å². The number of hydrogen-bond donors (Lipinski definition) is 2. The zero-order valence-corrected chi connectivity index (χ0v) is 30.0. The van der Waals surface area contributed by atoms with E-state index in [2.05, 4.69) is 63.4 Å². The van der Waals surface area contributed by atoms with E-state index in [0.29, 0.717) is 21.6 Å². The van der Waals surface area contributed by atoms with Crippen molar-refractivity contribution < 1.29 is 16.1 Å². The number of amides is 2. The van der Waals surface area contributed by atoms with Gasteiger partial charge in [0.1, 0.15) is 0 Å². The maximum atomic E-state index is 13.0. The third-order valence-corrected chi connectivity index (χ3v) is 12.9. The zero-order valence-electron chi connectivity index (χ0n) is 29.2. The van der Waals surface area contributed by atoms with E-state index in [1.165, 1.54) is 24.0 Å². The molecule has 1 aromatic heterocycles. The number of aromatic nitrogens is 1. The van der Waals surface area contributed by atoms with Crippen LogP contribution in [0, 0.1) is 11.8 Å². The van der Waals surface area contributed by atoms with Crippen LogP contribution in [-0.2, 0) is 28.8 Å². The summed E-state index contributed by atoms with van der Waals surface area (Å²) >= 11 is 0. The summed E-state index contributed by atoms with van der Waals surface area (Å²) in [6.45, 7) is 12.9. The quantitative estimate of drug-likeness (QED) is 0.253. The predicted octanol–water partition coefficient (Wildman–Crippen LogP) is 5.76. The molecule has 2 saturated heterocycles. The highest BCUT2D eigenvalue weighted by Gasteiger charge is 2.47. The molecule has 10 heteroatoms. The molecule has 48 heavy (non-hydrogen) atoms. The van der Waals surface area contributed by atoms with Crippen molar-refractivity contribution in [3.8, 4) is 0 Å². The van der Waals surface area contributed by atoms with E-state index in [0.717, 1.165) is 77.3 Å². The number of piperidine rings is 1. The molecule has 0 aliphatic carbocycles. The third-order valence-electron chi connectivity index (χ3n) is 11.2. The van der Waals surface area contributed by atoms with Gasteiger partial charge in [-0.3, -0.25) is 4.90 Å². The molecule has 3 aliphatic rings. The fourth-order valence-electron chi connectivity index (χ4n) is 8.65. The average Bonchev–Trinajstić information content (AvgIpc) is 3.53. The number of hydrogen-bond acceptors (Lipinski definition) is 6. The third kappa shape index (κ3) is 7.16. The van der Waals surface area contributed by atoms with Crippen LogP contribution in [0.4, 0.5) is 10.5 Å². The Morgan fingerprint density at radius 1 is 1.00 bits per heavy atom. The van der Waals surface area contributed by atoms with E-state index in [1.54, 1.807) is 42.2 Å². The summed E-state index contributed by atoms with van der Waals surface area (Å²) in [5, 5.41) is 6.10. The van der Waals surface area contributed by atoms with Crippen LogP contribution in [0.25, 0.3) is 0 Å². The molecule has 3 aromatic rings. The summed E-state index contributed by atoms with van der Waals surface area (Å²) < 4.78 is 27.8. The smallest absolute Gasteiger partial charge is 0.314 e. The number of rotatable bonds is 12. The molecule has 3 aliphatic heterocycles. The number of anilines is 1. The number of urea groups is 1. The number of nitrogens with zero attached hydrogens (tertiary/aromatic N) is 4. The minimum atomic E-state index is -3.50. The lowest BCUT2D eigenvalue weighted by Crippen LogP contribution is -2.57. The molecule has 2 aromatic carbocycles. The Morgan fingerprint density at radius 2 is 1.73 bits per heavy atom. The van der Waals surface area contributed by atoms with Crippen LogP contribution in [0.3, 0.4) is 0 Å². The molecular formula is C38H58N6O3S. The molecule has 264 valence electrons. The van der Waals surface area contributed by atoms with Crippen LogP contribution in [0.5, 0.6) is 0 Å². The molecule has 2 amide bonds. The molecule has 2 fully saturated rings. The van der Waals surface area contributed by atoms with Gasteiger partial charge in [0.25, 0.3) is 0 Å². The van der Waals surface area contributed by atoms with E-state index >= 15 is 0 Å². The van der Waals surface area contributed by atoms with Crippen molar-refractivity contribution in [2.24, 2.45) is 18.9 Å². The Balaban J connectivity index is 0.00000281. The van der Waals surface area contributed by atoms with Gasteiger partial charge in [-0.25, -0.2) is 13.2 Å². The van der Waals surface area contributed by atoms with Crippen LogP contribution in [0.1, 0.15) is 59.9 Å². The molecule has 0 radical (unpaired) electrons. The standard InChI is InChI=1S/C38H54N6O3S.2H2/c1-5-9-32(40-37(45)39-3)22-38(28-42(6-2)26-30-10-7-8-11-36(30)38)31-16-20-43(21-17-31)23-29-24-44(25-29)33-12-14-34(15-13-33)48(46,47)35-18-19-41(4)27-35;;/h7-8,10-15,18-19,27,29,31-32H,5-6,9,16-17,20-26,28H2,1-4H3,(H2,39,40,45);2*1H/t32-,38?;;/m0../s1. The average molecular weight is 679 g/mol. The van der Waals surface area contributed by atoms with Crippen molar-refractivity contribution in [1.82, 2.24) is 25.0 Å². The van der Waals surface area contributed by atoms with E-state index in [4.69, 9.17) is 0 Å². The number of carbonyl (C=O) groups excluding carboxylic acids is 1. The van der Waals surface area contributed by atoms with Crippen molar-refractivity contribution in [2.75, 3.05) is 57.8 Å². The van der Waals surface area contributed by atoms with Crippen LogP contribution in [0.15, 0.2) is 76.8 Å². The molecule has 4 heterocycles. The fraction of sp³-hybridized carbons (Fsp3) is 0.553. The topological polar surface area (TPSA) is 89.9 Å². The number of likely N-dealkylation sites (tertiary alicyclic amines) is 1. The monoisotopic (exact) mass is 678 g/mol. The van der Waals surface area contributed by atoms with Crippen molar-refractivity contribution in [3.05, 3.63) is 78.1 Å². The highest BCUT2D eigenvalue weighted by atomic mass is 32.2. The van der Waals surface area contributed by atoms with E-state index in [-0.39, 0.29) is 20.3 Å². The predicted molar refractivity (Wildman–Crippen MR) is 196 cm³/mol. The second-order valence-corrected chi connectivity index (χ2v) is 16.3. The van der Waals surface area contributed by atoms with Gasteiger partial charge in [-0.05, 0) is 92.7 Å². The van der Waals surface area contributed by atoms with Gasteiger partial charge in [0.15, 0.2) is 0 Å². The Morgan fingerprint density at radius 3 is 2.38 bits per heavy atom. The van der Waals surface area contributed by atoms with E-state index < -0.39 is 9.84 Å².